The van der Waals surface area contributed by atoms with Gasteiger partial charge in [0, 0.05) is 22.7 Å². The molecular weight excluding hydrogens is 290 g/mol. The molecule has 0 aliphatic heterocycles. The summed E-state index contributed by atoms with van der Waals surface area (Å²) in [5, 5.41) is 13.2. The molecule has 0 radical (unpaired) electrons. The van der Waals surface area contributed by atoms with Crippen LogP contribution in [0.2, 0.25) is 5.02 Å². The molecule has 1 unspecified atom stereocenters. The van der Waals surface area contributed by atoms with Gasteiger partial charge in [0.05, 0.1) is 6.10 Å². The van der Waals surface area contributed by atoms with Crippen LogP contribution in [0.5, 0.6) is 0 Å². The van der Waals surface area contributed by atoms with Gasteiger partial charge in [-0.1, -0.05) is 35.9 Å². The maximum atomic E-state index is 11.9. The van der Waals surface area contributed by atoms with Crippen LogP contribution in [0, 0.1) is 0 Å². The number of carbonyl (C=O) groups excluding carboxylic acids is 2. The van der Waals surface area contributed by atoms with Gasteiger partial charge in [-0.3, -0.25) is 9.59 Å². The summed E-state index contributed by atoms with van der Waals surface area (Å²) < 4.78 is 0. The van der Waals surface area contributed by atoms with E-state index in [-0.39, 0.29) is 12.5 Å². The summed E-state index contributed by atoms with van der Waals surface area (Å²) in [6.07, 6.45) is -0.0909. The summed E-state index contributed by atoms with van der Waals surface area (Å²) in [5.41, 5.74) is 1.62. The topological polar surface area (TPSA) is 66.4 Å². The van der Waals surface area contributed by atoms with E-state index in [9.17, 15) is 14.7 Å². The second kappa shape index (κ2) is 7.02. The van der Waals surface area contributed by atoms with Gasteiger partial charge in [0.25, 0.3) is 5.91 Å². The highest BCUT2D eigenvalue weighted by Crippen LogP contribution is 2.15. The van der Waals surface area contributed by atoms with Gasteiger partial charge >= 0.3 is 0 Å². The number of hydrogen-bond donors (Lipinski definition) is 2. The van der Waals surface area contributed by atoms with Crippen LogP contribution in [-0.4, -0.2) is 23.8 Å². The molecule has 0 saturated carbocycles. The van der Waals surface area contributed by atoms with Crippen LogP contribution in [0.3, 0.4) is 0 Å². The Kier molecular flexibility index (Phi) is 5.09. The first-order valence-corrected chi connectivity index (χ1v) is 6.75. The number of benzene rings is 2. The molecule has 2 aromatic carbocycles. The predicted molar refractivity (Wildman–Crippen MR) is 80.6 cm³/mol. The lowest BCUT2D eigenvalue weighted by Crippen LogP contribution is -2.28. The van der Waals surface area contributed by atoms with Crippen molar-refractivity contribution in [1.82, 2.24) is 5.32 Å². The second-order valence-corrected chi connectivity index (χ2v) is 4.95. The molecule has 5 heteroatoms. The summed E-state index contributed by atoms with van der Waals surface area (Å²) in [4.78, 5) is 22.4. The Bertz CT molecular complexity index is 623. The summed E-state index contributed by atoms with van der Waals surface area (Å²) in [5.74, 6) is -0.305. The van der Waals surface area contributed by atoms with Crippen LogP contribution >= 0.6 is 11.6 Å². The maximum Gasteiger partial charge on any atom is 0.251 e. The highest BCUT2D eigenvalue weighted by molar-refractivity contribution is 6.30. The number of aliphatic hydroxyl groups is 1. The minimum atomic E-state index is -0.805. The smallest absolute Gasteiger partial charge is 0.251 e. The summed E-state index contributed by atoms with van der Waals surface area (Å²) in [7, 11) is 0. The number of amides is 1. The van der Waals surface area contributed by atoms with Crippen LogP contribution in [-0.2, 0) is 0 Å². The van der Waals surface area contributed by atoms with Crippen molar-refractivity contribution in [3.63, 3.8) is 0 Å². The third-order valence-electron chi connectivity index (χ3n) is 3.02. The molecule has 2 aromatic rings. The van der Waals surface area contributed by atoms with E-state index in [2.05, 4.69) is 5.32 Å². The average Bonchev–Trinajstić information content (AvgIpc) is 2.53. The Morgan fingerprint density at radius 1 is 1.14 bits per heavy atom. The molecule has 2 N–H and O–H groups in total. The molecule has 0 spiro atoms. The van der Waals surface area contributed by atoms with Crippen LogP contribution in [0.4, 0.5) is 0 Å². The van der Waals surface area contributed by atoms with Gasteiger partial charge in [-0.05, 0) is 29.8 Å². The van der Waals surface area contributed by atoms with Crippen molar-refractivity contribution in [2.45, 2.75) is 6.10 Å². The lowest BCUT2D eigenvalue weighted by molar-refractivity contribution is 0.0916. The quantitative estimate of drug-likeness (QED) is 0.834. The molecule has 0 heterocycles. The summed E-state index contributed by atoms with van der Waals surface area (Å²) in [6, 6.07) is 13.0. The van der Waals surface area contributed by atoms with Gasteiger partial charge < -0.3 is 10.4 Å². The van der Waals surface area contributed by atoms with Crippen molar-refractivity contribution in [3.8, 4) is 0 Å². The number of nitrogens with one attached hydrogen (secondary N) is 1. The first-order chi connectivity index (χ1) is 10.1. The molecule has 1 amide bonds. The molecule has 1 atom stereocenters. The number of aldehydes is 1. The lowest BCUT2D eigenvalue weighted by Gasteiger charge is -2.12. The molecule has 0 fully saturated rings. The maximum absolute atomic E-state index is 11.9. The predicted octanol–water partition coefficient (Wildman–Crippen LogP) is 2.62. The van der Waals surface area contributed by atoms with E-state index in [1.165, 1.54) is 0 Å². The first-order valence-electron chi connectivity index (χ1n) is 6.37. The monoisotopic (exact) mass is 303 g/mol. The molecule has 0 aliphatic carbocycles. The van der Waals surface area contributed by atoms with E-state index < -0.39 is 6.10 Å². The summed E-state index contributed by atoms with van der Waals surface area (Å²) in [6.45, 7) is 0.0932. The number of carbonyl (C=O) groups is 2. The standard InChI is InChI=1S/C16H14ClNO3/c17-14-7-5-12(6-8-14)15(20)9-18-16(21)13-3-1-11(10-19)2-4-13/h1-8,10,15,20H,9H2,(H,18,21). The zero-order chi connectivity index (χ0) is 15.2. The Hall–Kier alpha value is -2.17. The van der Waals surface area contributed by atoms with Gasteiger partial charge in [0.2, 0.25) is 0 Å². The molecule has 0 aromatic heterocycles. The van der Waals surface area contributed by atoms with Crippen LogP contribution < -0.4 is 5.32 Å². The van der Waals surface area contributed by atoms with Crippen molar-refractivity contribution in [2.24, 2.45) is 0 Å². The van der Waals surface area contributed by atoms with E-state index in [1.807, 2.05) is 0 Å². The van der Waals surface area contributed by atoms with E-state index >= 15 is 0 Å². The first kappa shape index (κ1) is 15.2. The largest absolute Gasteiger partial charge is 0.387 e. The molecule has 0 aliphatic rings. The Labute approximate surface area is 127 Å². The molecular formula is C16H14ClNO3. The third-order valence-corrected chi connectivity index (χ3v) is 3.27. The molecule has 0 saturated heterocycles. The number of halogens is 1. The molecule has 2 rings (SSSR count). The van der Waals surface area contributed by atoms with Crippen molar-refractivity contribution in [1.29, 1.82) is 0 Å². The number of hydrogen-bond acceptors (Lipinski definition) is 3. The van der Waals surface area contributed by atoms with Crippen LogP contribution in [0.15, 0.2) is 48.5 Å². The van der Waals surface area contributed by atoms with E-state index in [0.29, 0.717) is 28.0 Å². The highest BCUT2D eigenvalue weighted by atomic mass is 35.5. The van der Waals surface area contributed by atoms with Gasteiger partial charge in [0.15, 0.2) is 0 Å². The fourth-order valence-corrected chi connectivity index (χ4v) is 1.93. The molecule has 108 valence electrons. The minimum absolute atomic E-state index is 0.0932. The normalized spacial score (nSPS) is 11.7. The molecule has 0 bridgehead atoms. The van der Waals surface area contributed by atoms with E-state index in [0.717, 1.165) is 0 Å². The third kappa shape index (κ3) is 4.15. The highest BCUT2D eigenvalue weighted by Gasteiger charge is 2.10. The van der Waals surface area contributed by atoms with E-state index in [4.69, 9.17) is 11.6 Å². The average molecular weight is 304 g/mol. The second-order valence-electron chi connectivity index (χ2n) is 4.52. The van der Waals surface area contributed by atoms with Gasteiger partial charge in [-0.2, -0.15) is 0 Å². The van der Waals surface area contributed by atoms with Crippen LogP contribution in [0.25, 0.3) is 0 Å². The van der Waals surface area contributed by atoms with Crippen molar-refractivity contribution >= 4 is 23.8 Å². The molecule has 4 nitrogen and oxygen atoms in total. The SMILES string of the molecule is O=Cc1ccc(C(=O)NCC(O)c2ccc(Cl)cc2)cc1. The molecule has 21 heavy (non-hydrogen) atoms. The Balaban J connectivity index is 1.93. The lowest BCUT2D eigenvalue weighted by atomic mass is 10.1. The van der Waals surface area contributed by atoms with Crippen molar-refractivity contribution in [3.05, 3.63) is 70.2 Å². The van der Waals surface area contributed by atoms with Crippen LogP contribution in [0.1, 0.15) is 32.4 Å². The Morgan fingerprint density at radius 2 is 1.76 bits per heavy atom. The van der Waals surface area contributed by atoms with Crippen molar-refractivity contribution < 1.29 is 14.7 Å². The number of aliphatic hydroxyl groups excluding tert-OH is 1. The number of rotatable bonds is 5. The van der Waals surface area contributed by atoms with Gasteiger partial charge in [-0.15, -0.1) is 0 Å². The summed E-state index contributed by atoms with van der Waals surface area (Å²) >= 11 is 5.77. The van der Waals surface area contributed by atoms with E-state index in [1.54, 1.807) is 48.5 Å². The van der Waals surface area contributed by atoms with Crippen molar-refractivity contribution in [2.75, 3.05) is 6.54 Å². The fraction of sp³-hybridized carbons (Fsp3) is 0.125. The fourth-order valence-electron chi connectivity index (χ4n) is 1.81. The van der Waals surface area contributed by atoms with Gasteiger partial charge in [0.1, 0.15) is 6.29 Å². The Morgan fingerprint density at radius 3 is 2.33 bits per heavy atom. The van der Waals surface area contributed by atoms with Gasteiger partial charge in [-0.25, -0.2) is 0 Å². The minimum Gasteiger partial charge on any atom is -0.387 e. The zero-order valence-corrected chi connectivity index (χ0v) is 11.9. The zero-order valence-electron chi connectivity index (χ0n) is 11.1.